The van der Waals surface area contributed by atoms with E-state index in [0.717, 1.165) is 0 Å². The zero-order valence-electron chi connectivity index (χ0n) is 10.2. The number of sulfonamides is 1. The third kappa shape index (κ3) is 4.17. The summed E-state index contributed by atoms with van der Waals surface area (Å²) in [4.78, 5) is 11.0. The van der Waals surface area contributed by atoms with Crippen LogP contribution in [0.2, 0.25) is 5.02 Å². The summed E-state index contributed by atoms with van der Waals surface area (Å²) < 4.78 is 26.7. The normalized spacial score (nSPS) is 13.5. The summed E-state index contributed by atoms with van der Waals surface area (Å²) in [6.07, 6.45) is 0. The molecule has 0 bridgehead atoms. The van der Waals surface area contributed by atoms with Gasteiger partial charge >= 0.3 is 5.97 Å². The van der Waals surface area contributed by atoms with Gasteiger partial charge in [-0.3, -0.25) is 4.79 Å². The molecule has 0 aliphatic rings. The molecule has 0 fully saturated rings. The second kappa shape index (κ2) is 6.21. The fourth-order valence-electron chi connectivity index (χ4n) is 1.40. The summed E-state index contributed by atoms with van der Waals surface area (Å²) in [5.74, 6) is -1.60. The Morgan fingerprint density at radius 2 is 2.00 bits per heavy atom. The maximum atomic E-state index is 12.1. The molecule has 19 heavy (non-hydrogen) atoms. The molecule has 1 rings (SSSR count). The van der Waals surface area contributed by atoms with Crippen LogP contribution in [-0.4, -0.2) is 25.5 Å². The molecular formula is C11H13BrClNO4S. The zero-order valence-corrected chi connectivity index (χ0v) is 13.4. The number of benzene rings is 1. The van der Waals surface area contributed by atoms with Crippen LogP contribution in [-0.2, 0) is 14.8 Å². The maximum Gasteiger partial charge on any atom is 0.322 e. The van der Waals surface area contributed by atoms with Crippen molar-refractivity contribution in [2.45, 2.75) is 24.8 Å². The predicted octanol–water partition coefficient (Wildman–Crippen LogP) is 2.49. The summed E-state index contributed by atoms with van der Waals surface area (Å²) in [5, 5.41) is 9.39. The van der Waals surface area contributed by atoms with Gasteiger partial charge in [-0.15, -0.1) is 0 Å². The molecular weight excluding hydrogens is 358 g/mol. The van der Waals surface area contributed by atoms with E-state index in [4.69, 9.17) is 16.7 Å². The predicted molar refractivity (Wildman–Crippen MR) is 75.7 cm³/mol. The van der Waals surface area contributed by atoms with Gasteiger partial charge in [0.1, 0.15) is 6.04 Å². The van der Waals surface area contributed by atoms with Crippen LogP contribution >= 0.6 is 27.5 Å². The number of carboxylic acids is 1. The first-order valence-electron chi connectivity index (χ1n) is 5.35. The monoisotopic (exact) mass is 369 g/mol. The summed E-state index contributed by atoms with van der Waals surface area (Å²) >= 11 is 8.83. The van der Waals surface area contributed by atoms with E-state index in [1.54, 1.807) is 13.8 Å². The number of aliphatic carboxylic acids is 1. The number of carboxylic acid groups (broad SMARTS) is 1. The molecule has 1 aromatic rings. The van der Waals surface area contributed by atoms with Gasteiger partial charge in [-0.1, -0.05) is 25.4 Å². The Morgan fingerprint density at radius 3 is 2.42 bits per heavy atom. The number of hydrogen-bond donors (Lipinski definition) is 2. The molecule has 2 N–H and O–H groups in total. The highest BCUT2D eigenvalue weighted by Crippen LogP contribution is 2.25. The SMILES string of the molecule is CC(C)C(NS(=O)(=O)c1ccc(Cl)cc1Br)C(=O)O. The number of nitrogens with one attached hydrogen (secondary N) is 1. The second-order valence-corrected chi connectivity index (χ2v) is 7.23. The van der Waals surface area contributed by atoms with E-state index in [1.165, 1.54) is 18.2 Å². The van der Waals surface area contributed by atoms with Crippen LogP contribution in [0.25, 0.3) is 0 Å². The molecule has 0 radical (unpaired) electrons. The van der Waals surface area contributed by atoms with E-state index in [9.17, 15) is 13.2 Å². The second-order valence-electron chi connectivity index (χ2n) is 4.26. The molecule has 5 nitrogen and oxygen atoms in total. The van der Waals surface area contributed by atoms with Crippen LogP contribution in [0.4, 0.5) is 0 Å². The molecule has 0 saturated heterocycles. The molecule has 1 unspecified atom stereocenters. The largest absolute Gasteiger partial charge is 0.480 e. The van der Waals surface area contributed by atoms with Crippen LogP contribution in [0, 0.1) is 5.92 Å². The van der Waals surface area contributed by atoms with Crippen LogP contribution in [0.3, 0.4) is 0 Å². The minimum Gasteiger partial charge on any atom is -0.480 e. The van der Waals surface area contributed by atoms with Gasteiger partial charge in [-0.2, -0.15) is 4.72 Å². The molecule has 0 aliphatic heterocycles. The van der Waals surface area contributed by atoms with Gasteiger partial charge in [0.2, 0.25) is 10.0 Å². The molecule has 0 heterocycles. The lowest BCUT2D eigenvalue weighted by molar-refractivity contribution is -0.140. The first kappa shape index (κ1) is 16.4. The highest BCUT2D eigenvalue weighted by molar-refractivity contribution is 9.10. The Morgan fingerprint density at radius 1 is 1.42 bits per heavy atom. The summed E-state index contributed by atoms with van der Waals surface area (Å²) in [6, 6.07) is 2.98. The zero-order chi connectivity index (χ0) is 14.8. The van der Waals surface area contributed by atoms with Crippen LogP contribution < -0.4 is 4.72 Å². The van der Waals surface area contributed by atoms with Crippen molar-refractivity contribution in [3.63, 3.8) is 0 Å². The lowest BCUT2D eigenvalue weighted by Crippen LogP contribution is -2.44. The van der Waals surface area contributed by atoms with Gasteiger partial charge in [-0.05, 0) is 40.0 Å². The quantitative estimate of drug-likeness (QED) is 0.834. The van der Waals surface area contributed by atoms with E-state index < -0.39 is 22.0 Å². The highest BCUT2D eigenvalue weighted by Gasteiger charge is 2.29. The molecule has 0 amide bonds. The molecule has 0 spiro atoms. The molecule has 1 atom stereocenters. The van der Waals surface area contributed by atoms with E-state index in [1.807, 2.05) is 0 Å². The third-order valence-electron chi connectivity index (χ3n) is 2.40. The van der Waals surface area contributed by atoms with E-state index in [0.29, 0.717) is 5.02 Å². The number of hydrogen-bond acceptors (Lipinski definition) is 3. The highest BCUT2D eigenvalue weighted by atomic mass is 79.9. The van der Waals surface area contributed by atoms with Gasteiger partial charge in [-0.25, -0.2) is 8.42 Å². The smallest absolute Gasteiger partial charge is 0.322 e. The lowest BCUT2D eigenvalue weighted by Gasteiger charge is -2.18. The van der Waals surface area contributed by atoms with Crippen molar-refractivity contribution in [1.82, 2.24) is 4.72 Å². The molecule has 1 aromatic carbocycles. The van der Waals surface area contributed by atoms with Crippen molar-refractivity contribution in [3.8, 4) is 0 Å². The van der Waals surface area contributed by atoms with Crippen molar-refractivity contribution < 1.29 is 18.3 Å². The fraction of sp³-hybridized carbons (Fsp3) is 0.364. The number of rotatable bonds is 5. The molecule has 106 valence electrons. The Labute approximate surface area is 125 Å². The minimum absolute atomic E-state index is 0.0520. The van der Waals surface area contributed by atoms with Crippen molar-refractivity contribution in [2.75, 3.05) is 0 Å². The summed E-state index contributed by atoms with van der Waals surface area (Å²) in [7, 11) is -3.93. The summed E-state index contributed by atoms with van der Waals surface area (Å²) in [6.45, 7) is 3.25. The van der Waals surface area contributed by atoms with Crippen molar-refractivity contribution in [3.05, 3.63) is 27.7 Å². The number of carbonyl (C=O) groups is 1. The molecule has 0 aromatic heterocycles. The van der Waals surface area contributed by atoms with E-state index >= 15 is 0 Å². The van der Waals surface area contributed by atoms with Crippen LogP contribution in [0.5, 0.6) is 0 Å². The number of halogens is 2. The minimum atomic E-state index is -3.93. The van der Waals surface area contributed by atoms with Crippen molar-refractivity contribution in [2.24, 2.45) is 5.92 Å². The lowest BCUT2D eigenvalue weighted by atomic mass is 10.1. The van der Waals surface area contributed by atoms with Crippen LogP contribution in [0.1, 0.15) is 13.8 Å². The standard InChI is InChI=1S/C11H13BrClNO4S/c1-6(2)10(11(15)16)14-19(17,18)9-4-3-7(13)5-8(9)12/h3-6,10,14H,1-2H3,(H,15,16). The summed E-state index contributed by atoms with van der Waals surface area (Å²) in [5.41, 5.74) is 0. The molecule has 0 saturated carbocycles. The Balaban J connectivity index is 3.14. The maximum absolute atomic E-state index is 12.1. The van der Waals surface area contributed by atoms with E-state index in [2.05, 4.69) is 20.7 Å². The van der Waals surface area contributed by atoms with Crippen molar-refractivity contribution >= 4 is 43.5 Å². The van der Waals surface area contributed by atoms with E-state index in [-0.39, 0.29) is 15.3 Å². The Kier molecular flexibility index (Phi) is 5.37. The first-order chi connectivity index (χ1) is 8.65. The fourth-order valence-corrected chi connectivity index (χ4v) is 4.11. The average molecular weight is 371 g/mol. The third-order valence-corrected chi connectivity index (χ3v) is 5.05. The van der Waals surface area contributed by atoms with Crippen molar-refractivity contribution in [1.29, 1.82) is 0 Å². The van der Waals surface area contributed by atoms with Gasteiger partial charge in [0.15, 0.2) is 0 Å². The topological polar surface area (TPSA) is 83.5 Å². The van der Waals surface area contributed by atoms with Gasteiger partial charge in [0, 0.05) is 9.50 Å². The Bertz CT molecular complexity index is 588. The molecule has 0 aliphatic carbocycles. The molecule has 8 heteroatoms. The van der Waals surface area contributed by atoms with Gasteiger partial charge < -0.3 is 5.11 Å². The van der Waals surface area contributed by atoms with Crippen LogP contribution in [0.15, 0.2) is 27.6 Å². The average Bonchev–Trinajstić information content (AvgIpc) is 2.24. The van der Waals surface area contributed by atoms with Gasteiger partial charge in [0.05, 0.1) is 4.90 Å². The van der Waals surface area contributed by atoms with Gasteiger partial charge in [0.25, 0.3) is 0 Å². The first-order valence-corrected chi connectivity index (χ1v) is 8.00. The Hall–Kier alpha value is -0.630.